The van der Waals surface area contributed by atoms with Gasteiger partial charge in [-0.3, -0.25) is 9.59 Å². The third-order valence-corrected chi connectivity index (χ3v) is 5.22. The fraction of sp³-hybridized carbons (Fsp3) is 0.286. The Morgan fingerprint density at radius 2 is 1.69 bits per heavy atom. The zero-order valence-corrected chi connectivity index (χ0v) is 17.9. The van der Waals surface area contributed by atoms with Crippen LogP contribution in [-0.2, 0) is 4.79 Å². The highest BCUT2D eigenvalue weighted by atomic mass is 35.5. The molecule has 1 saturated heterocycles. The zero-order chi connectivity index (χ0) is 21.0. The molecule has 0 unspecified atom stereocenters. The second-order valence-electron chi connectivity index (χ2n) is 6.92. The number of hydrogen-bond acceptors (Lipinski definition) is 4. The number of carbonyl (C=O) groups is 2. The number of nitrogens with one attached hydrogen (secondary N) is 2. The molecule has 0 spiro atoms. The highest BCUT2D eigenvalue weighted by Gasteiger charge is 2.25. The Labute approximate surface area is 180 Å². The molecule has 1 fully saturated rings. The molecular weight excluding hydrogens is 408 g/mol. The molecule has 0 aliphatic carbocycles. The summed E-state index contributed by atoms with van der Waals surface area (Å²) >= 11 is 11.6. The lowest BCUT2D eigenvalue weighted by atomic mass is 10.1. The normalized spacial score (nSPS) is 13.8. The Hall–Kier alpha value is -2.64. The molecule has 2 amide bonds. The number of rotatable bonds is 3. The second-order valence-corrected chi connectivity index (χ2v) is 7.73. The van der Waals surface area contributed by atoms with Crippen LogP contribution in [0.4, 0.5) is 11.4 Å². The molecule has 0 radical (unpaired) electrons. The lowest BCUT2D eigenvalue weighted by Crippen LogP contribution is -2.49. The molecule has 2 N–H and O–H groups in total. The number of nitrogens with zero attached hydrogens (tertiary/aromatic N) is 2. The van der Waals surface area contributed by atoms with Gasteiger partial charge in [0.15, 0.2) is 5.11 Å². The summed E-state index contributed by atoms with van der Waals surface area (Å²) in [5, 5.41) is 6.39. The topological polar surface area (TPSA) is 64.7 Å². The maximum Gasteiger partial charge on any atom is 0.253 e. The van der Waals surface area contributed by atoms with Gasteiger partial charge in [-0.1, -0.05) is 35.4 Å². The van der Waals surface area contributed by atoms with Gasteiger partial charge in [0.2, 0.25) is 5.91 Å². The van der Waals surface area contributed by atoms with Crippen LogP contribution in [0, 0.1) is 6.92 Å². The summed E-state index contributed by atoms with van der Waals surface area (Å²) < 4.78 is 0. The predicted octanol–water partition coefficient (Wildman–Crippen LogP) is 3.44. The van der Waals surface area contributed by atoms with E-state index in [1.807, 2.05) is 54.3 Å². The average Bonchev–Trinajstić information content (AvgIpc) is 2.68. The molecule has 1 heterocycles. The van der Waals surface area contributed by atoms with Crippen molar-refractivity contribution in [3.05, 3.63) is 58.6 Å². The molecule has 29 heavy (non-hydrogen) atoms. The van der Waals surface area contributed by atoms with Gasteiger partial charge in [-0.05, 0) is 43.4 Å². The Morgan fingerprint density at radius 1 is 1.03 bits per heavy atom. The highest BCUT2D eigenvalue weighted by molar-refractivity contribution is 7.80. The second kappa shape index (κ2) is 9.24. The van der Waals surface area contributed by atoms with Crippen LogP contribution in [0.25, 0.3) is 0 Å². The van der Waals surface area contributed by atoms with Crippen molar-refractivity contribution in [1.29, 1.82) is 0 Å². The van der Waals surface area contributed by atoms with Crippen molar-refractivity contribution in [2.75, 3.05) is 36.4 Å². The van der Waals surface area contributed by atoms with Crippen LogP contribution in [-0.4, -0.2) is 48.0 Å². The maximum absolute atomic E-state index is 12.7. The summed E-state index contributed by atoms with van der Waals surface area (Å²) in [6.45, 7) is 5.86. The minimum absolute atomic E-state index is 0.0361. The Balaban J connectivity index is 1.70. The summed E-state index contributed by atoms with van der Waals surface area (Å²) in [7, 11) is 0. The molecule has 8 heteroatoms. The van der Waals surface area contributed by atoms with Crippen LogP contribution in [0.1, 0.15) is 22.8 Å². The first-order valence-electron chi connectivity index (χ1n) is 9.33. The minimum Gasteiger partial charge on any atom is -0.365 e. The first-order chi connectivity index (χ1) is 13.8. The number of benzene rings is 2. The molecule has 3 rings (SSSR count). The number of piperazine rings is 1. The summed E-state index contributed by atoms with van der Waals surface area (Å²) in [6, 6.07) is 13.1. The molecule has 2 aromatic rings. The van der Waals surface area contributed by atoms with E-state index < -0.39 is 0 Å². The smallest absolute Gasteiger partial charge is 0.253 e. The largest absolute Gasteiger partial charge is 0.365 e. The Bertz CT molecular complexity index is 925. The van der Waals surface area contributed by atoms with E-state index in [1.54, 1.807) is 0 Å². The van der Waals surface area contributed by atoms with Gasteiger partial charge in [0.25, 0.3) is 5.91 Å². The van der Waals surface area contributed by atoms with E-state index in [2.05, 4.69) is 15.5 Å². The molecule has 6 nitrogen and oxygen atoms in total. The summed E-state index contributed by atoms with van der Waals surface area (Å²) in [4.78, 5) is 27.9. The van der Waals surface area contributed by atoms with E-state index in [-0.39, 0.29) is 16.9 Å². The van der Waals surface area contributed by atoms with Crippen LogP contribution in [0.3, 0.4) is 0 Å². The van der Waals surface area contributed by atoms with Crippen molar-refractivity contribution in [2.45, 2.75) is 13.8 Å². The third kappa shape index (κ3) is 5.25. The number of aryl methyl sites for hydroxylation is 1. The van der Waals surface area contributed by atoms with Gasteiger partial charge >= 0.3 is 0 Å². The fourth-order valence-corrected chi connectivity index (χ4v) is 3.81. The molecule has 0 aromatic heterocycles. The van der Waals surface area contributed by atoms with Crippen LogP contribution in [0.15, 0.2) is 42.5 Å². The van der Waals surface area contributed by atoms with Crippen LogP contribution < -0.4 is 15.5 Å². The predicted molar refractivity (Wildman–Crippen MR) is 121 cm³/mol. The number of halogens is 1. The minimum atomic E-state index is -0.241. The first-order valence-corrected chi connectivity index (χ1v) is 10.1. The summed E-state index contributed by atoms with van der Waals surface area (Å²) in [5.74, 6) is -0.205. The van der Waals surface area contributed by atoms with E-state index in [0.29, 0.717) is 36.8 Å². The van der Waals surface area contributed by atoms with Gasteiger partial charge < -0.3 is 20.4 Å². The number of anilines is 2. The van der Waals surface area contributed by atoms with Gasteiger partial charge in [0, 0.05) is 38.7 Å². The molecule has 0 bridgehead atoms. The molecule has 152 valence electrons. The van der Waals surface area contributed by atoms with Crippen LogP contribution in [0.2, 0.25) is 5.02 Å². The SMILES string of the molecule is CC(=O)NC(=S)Nc1cccc(Cl)c1N1CCN(C(=O)c2ccc(C)cc2)CC1. The molecule has 0 atom stereocenters. The number of para-hydroxylation sites is 1. The number of amides is 2. The van der Waals surface area contributed by atoms with Gasteiger partial charge in [-0.15, -0.1) is 0 Å². The van der Waals surface area contributed by atoms with Crippen LogP contribution in [0.5, 0.6) is 0 Å². The van der Waals surface area contributed by atoms with E-state index >= 15 is 0 Å². The molecule has 1 aliphatic rings. The van der Waals surface area contributed by atoms with Crippen molar-refractivity contribution in [2.24, 2.45) is 0 Å². The van der Waals surface area contributed by atoms with Crippen LogP contribution >= 0.6 is 23.8 Å². The summed E-state index contributed by atoms with van der Waals surface area (Å²) in [5.41, 5.74) is 3.35. The van der Waals surface area contributed by atoms with Crippen molar-refractivity contribution < 1.29 is 9.59 Å². The van der Waals surface area contributed by atoms with Gasteiger partial charge in [0.05, 0.1) is 16.4 Å². The van der Waals surface area contributed by atoms with E-state index in [0.717, 1.165) is 16.9 Å². The number of carbonyl (C=O) groups excluding carboxylic acids is 2. The van der Waals surface area contributed by atoms with Crippen molar-refractivity contribution in [3.8, 4) is 0 Å². The lowest BCUT2D eigenvalue weighted by molar-refractivity contribution is -0.117. The average molecular weight is 431 g/mol. The van der Waals surface area contributed by atoms with Crippen molar-refractivity contribution in [1.82, 2.24) is 10.2 Å². The maximum atomic E-state index is 12.7. The van der Waals surface area contributed by atoms with Gasteiger partial charge in [-0.2, -0.15) is 0 Å². The monoisotopic (exact) mass is 430 g/mol. The molecule has 0 saturated carbocycles. The highest BCUT2D eigenvalue weighted by Crippen LogP contribution is 2.34. The fourth-order valence-electron chi connectivity index (χ4n) is 3.26. The van der Waals surface area contributed by atoms with Gasteiger partial charge in [0.1, 0.15) is 0 Å². The standard InChI is InChI=1S/C21H23ClN4O2S/c1-14-6-8-16(9-7-14)20(28)26-12-10-25(11-13-26)19-17(22)4-3-5-18(19)24-21(29)23-15(2)27/h3-9H,10-13H2,1-2H3,(H2,23,24,27,29). The Morgan fingerprint density at radius 3 is 2.31 bits per heavy atom. The van der Waals surface area contributed by atoms with E-state index in [9.17, 15) is 9.59 Å². The van der Waals surface area contributed by atoms with E-state index in [4.69, 9.17) is 23.8 Å². The first kappa shape index (κ1) is 21.1. The lowest BCUT2D eigenvalue weighted by Gasteiger charge is -2.37. The number of hydrogen-bond donors (Lipinski definition) is 2. The third-order valence-electron chi connectivity index (χ3n) is 4.71. The Kier molecular flexibility index (Phi) is 6.71. The zero-order valence-electron chi connectivity index (χ0n) is 16.4. The quantitative estimate of drug-likeness (QED) is 0.730. The molecular formula is C21H23ClN4O2S. The van der Waals surface area contributed by atoms with Gasteiger partial charge in [-0.25, -0.2) is 0 Å². The van der Waals surface area contributed by atoms with Crippen molar-refractivity contribution in [3.63, 3.8) is 0 Å². The molecule has 1 aliphatic heterocycles. The van der Waals surface area contributed by atoms with E-state index in [1.165, 1.54) is 6.92 Å². The van der Waals surface area contributed by atoms with Crippen molar-refractivity contribution >= 4 is 52.1 Å². The summed E-state index contributed by atoms with van der Waals surface area (Å²) in [6.07, 6.45) is 0. The molecule has 2 aromatic carbocycles. The number of thiocarbonyl (C=S) groups is 1.